The third-order valence-corrected chi connectivity index (χ3v) is 3.93. The highest BCUT2D eigenvalue weighted by Gasteiger charge is 2.17. The summed E-state index contributed by atoms with van der Waals surface area (Å²) in [6, 6.07) is 17.8. The number of anilines is 1. The minimum absolute atomic E-state index is 0.0327. The molecule has 8 heteroatoms. The molecule has 26 heavy (non-hydrogen) atoms. The Labute approximate surface area is 148 Å². The SMILES string of the molecule is O=[N+]([O-])c1ccc(NCc2nnc3ccccn23)nc1-c1ccccc1. The van der Waals surface area contributed by atoms with E-state index in [-0.39, 0.29) is 5.69 Å². The Kier molecular flexibility index (Phi) is 3.98. The molecule has 3 aromatic heterocycles. The van der Waals surface area contributed by atoms with Gasteiger partial charge in [0.25, 0.3) is 5.69 Å². The molecule has 0 saturated heterocycles. The van der Waals surface area contributed by atoms with Crippen molar-refractivity contribution in [3.8, 4) is 11.3 Å². The molecular formula is C18H14N6O2. The molecule has 1 aromatic carbocycles. The van der Waals surface area contributed by atoms with Crippen molar-refractivity contribution in [1.29, 1.82) is 0 Å². The fourth-order valence-corrected chi connectivity index (χ4v) is 2.69. The van der Waals surface area contributed by atoms with Gasteiger partial charge in [-0.1, -0.05) is 36.4 Å². The first-order chi connectivity index (χ1) is 12.7. The standard InChI is InChI=1S/C18H14N6O2/c25-24(26)14-9-10-15(20-18(14)13-6-2-1-3-7-13)19-12-17-22-21-16-8-4-5-11-23(16)17/h1-11H,12H2,(H,19,20). The third kappa shape index (κ3) is 2.95. The van der Waals surface area contributed by atoms with E-state index in [1.807, 2.05) is 47.0 Å². The molecular weight excluding hydrogens is 332 g/mol. The monoisotopic (exact) mass is 346 g/mol. The lowest BCUT2D eigenvalue weighted by atomic mass is 10.1. The Hall–Kier alpha value is -3.81. The van der Waals surface area contributed by atoms with Crippen LogP contribution in [0, 0.1) is 10.1 Å². The van der Waals surface area contributed by atoms with E-state index < -0.39 is 4.92 Å². The van der Waals surface area contributed by atoms with E-state index >= 15 is 0 Å². The number of nitro groups is 1. The molecule has 0 amide bonds. The number of benzene rings is 1. The van der Waals surface area contributed by atoms with Crippen molar-refractivity contribution in [1.82, 2.24) is 19.6 Å². The van der Waals surface area contributed by atoms with Crippen LogP contribution < -0.4 is 5.32 Å². The van der Waals surface area contributed by atoms with Crippen LogP contribution in [0.3, 0.4) is 0 Å². The predicted molar refractivity (Wildman–Crippen MR) is 96.6 cm³/mol. The van der Waals surface area contributed by atoms with Crippen molar-refractivity contribution in [2.75, 3.05) is 5.32 Å². The van der Waals surface area contributed by atoms with E-state index in [1.165, 1.54) is 6.07 Å². The molecule has 0 aliphatic carbocycles. The summed E-state index contributed by atoms with van der Waals surface area (Å²) >= 11 is 0. The molecule has 128 valence electrons. The van der Waals surface area contributed by atoms with Crippen LogP contribution in [0.15, 0.2) is 66.9 Å². The highest BCUT2D eigenvalue weighted by Crippen LogP contribution is 2.29. The van der Waals surface area contributed by atoms with Crippen LogP contribution >= 0.6 is 0 Å². The lowest BCUT2D eigenvalue weighted by Gasteiger charge is -2.08. The van der Waals surface area contributed by atoms with Crippen LogP contribution in [0.1, 0.15) is 5.82 Å². The van der Waals surface area contributed by atoms with Crippen molar-refractivity contribution < 1.29 is 4.92 Å². The normalized spacial score (nSPS) is 10.8. The summed E-state index contributed by atoms with van der Waals surface area (Å²) in [5, 5.41) is 22.7. The second kappa shape index (κ2) is 6.60. The van der Waals surface area contributed by atoms with Crippen LogP contribution in [-0.4, -0.2) is 24.5 Å². The molecule has 4 rings (SSSR count). The van der Waals surface area contributed by atoms with Gasteiger partial charge in [-0.05, 0) is 18.2 Å². The van der Waals surface area contributed by atoms with E-state index in [0.29, 0.717) is 23.6 Å². The maximum atomic E-state index is 11.3. The highest BCUT2D eigenvalue weighted by molar-refractivity contribution is 5.71. The summed E-state index contributed by atoms with van der Waals surface area (Å²) in [5.74, 6) is 1.25. The first-order valence-corrected chi connectivity index (χ1v) is 7.96. The van der Waals surface area contributed by atoms with E-state index in [2.05, 4.69) is 20.5 Å². The molecule has 0 unspecified atom stereocenters. The Bertz CT molecular complexity index is 1080. The smallest absolute Gasteiger partial charge is 0.295 e. The minimum Gasteiger partial charge on any atom is -0.363 e. The van der Waals surface area contributed by atoms with Gasteiger partial charge in [0.1, 0.15) is 5.82 Å². The summed E-state index contributed by atoms with van der Waals surface area (Å²) in [6.07, 6.45) is 1.88. The number of hydrogen-bond donors (Lipinski definition) is 1. The minimum atomic E-state index is -0.425. The summed E-state index contributed by atoms with van der Waals surface area (Å²) < 4.78 is 1.87. The molecule has 3 heterocycles. The fourth-order valence-electron chi connectivity index (χ4n) is 2.69. The number of nitrogens with one attached hydrogen (secondary N) is 1. The van der Waals surface area contributed by atoms with Crippen molar-refractivity contribution in [3.05, 3.63) is 82.8 Å². The molecule has 1 N–H and O–H groups in total. The van der Waals surface area contributed by atoms with Gasteiger partial charge >= 0.3 is 0 Å². The Morgan fingerprint density at radius 3 is 2.62 bits per heavy atom. The molecule has 0 saturated carbocycles. The zero-order chi connectivity index (χ0) is 17.9. The lowest BCUT2D eigenvalue weighted by molar-refractivity contribution is -0.384. The van der Waals surface area contributed by atoms with Crippen LogP contribution in [0.25, 0.3) is 16.9 Å². The number of nitrogens with zero attached hydrogens (tertiary/aromatic N) is 5. The van der Waals surface area contributed by atoms with E-state index in [9.17, 15) is 10.1 Å². The van der Waals surface area contributed by atoms with Gasteiger partial charge in [0.05, 0.1) is 11.5 Å². The lowest BCUT2D eigenvalue weighted by Crippen LogP contribution is -2.06. The topological polar surface area (TPSA) is 98.2 Å². The second-order valence-electron chi connectivity index (χ2n) is 5.59. The van der Waals surface area contributed by atoms with Crippen LogP contribution in [-0.2, 0) is 6.54 Å². The quantitative estimate of drug-likeness (QED) is 0.440. The maximum absolute atomic E-state index is 11.3. The number of pyridine rings is 2. The number of rotatable bonds is 5. The van der Waals surface area contributed by atoms with Crippen LogP contribution in [0.5, 0.6) is 0 Å². The third-order valence-electron chi connectivity index (χ3n) is 3.93. The maximum Gasteiger partial charge on any atom is 0.295 e. The van der Waals surface area contributed by atoms with Crippen LogP contribution in [0.4, 0.5) is 11.5 Å². The van der Waals surface area contributed by atoms with Gasteiger partial charge in [-0.15, -0.1) is 10.2 Å². The Balaban J connectivity index is 1.64. The zero-order valence-electron chi connectivity index (χ0n) is 13.6. The average Bonchev–Trinajstić information content (AvgIpc) is 3.10. The molecule has 4 aromatic rings. The van der Waals surface area contributed by atoms with Crippen molar-refractivity contribution in [3.63, 3.8) is 0 Å². The first-order valence-electron chi connectivity index (χ1n) is 7.96. The van der Waals surface area contributed by atoms with Gasteiger partial charge in [0.15, 0.2) is 17.2 Å². The summed E-state index contributed by atoms with van der Waals surface area (Å²) in [4.78, 5) is 15.3. The first kappa shape index (κ1) is 15.7. The van der Waals surface area contributed by atoms with Gasteiger partial charge in [0, 0.05) is 17.8 Å². The molecule has 0 atom stereocenters. The summed E-state index contributed by atoms with van der Waals surface area (Å²) in [6.45, 7) is 0.393. The summed E-state index contributed by atoms with van der Waals surface area (Å²) in [7, 11) is 0. The van der Waals surface area contributed by atoms with Gasteiger partial charge in [-0.2, -0.15) is 0 Å². The molecule has 0 aliphatic heterocycles. The average molecular weight is 346 g/mol. The van der Waals surface area contributed by atoms with Gasteiger partial charge < -0.3 is 5.32 Å². The van der Waals surface area contributed by atoms with Gasteiger partial charge in [-0.25, -0.2) is 4.98 Å². The van der Waals surface area contributed by atoms with Crippen LogP contribution in [0.2, 0.25) is 0 Å². The molecule has 0 aliphatic rings. The molecule has 0 fully saturated rings. The number of hydrogen-bond acceptors (Lipinski definition) is 6. The van der Waals surface area contributed by atoms with E-state index in [1.54, 1.807) is 18.2 Å². The molecule has 0 bridgehead atoms. The fraction of sp³-hybridized carbons (Fsp3) is 0.0556. The van der Waals surface area contributed by atoms with Gasteiger partial charge in [0.2, 0.25) is 0 Å². The zero-order valence-corrected chi connectivity index (χ0v) is 13.6. The molecule has 0 spiro atoms. The van der Waals surface area contributed by atoms with E-state index in [4.69, 9.17) is 0 Å². The molecule has 0 radical (unpaired) electrons. The van der Waals surface area contributed by atoms with Crippen molar-refractivity contribution in [2.24, 2.45) is 0 Å². The largest absolute Gasteiger partial charge is 0.363 e. The Morgan fingerprint density at radius 1 is 1.00 bits per heavy atom. The van der Waals surface area contributed by atoms with Crippen molar-refractivity contribution in [2.45, 2.75) is 6.54 Å². The van der Waals surface area contributed by atoms with Crippen molar-refractivity contribution >= 4 is 17.2 Å². The number of aromatic nitrogens is 4. The van der Waals surface area contributed by atoms with E-state index in [0.717, 1.165) is 11.5 Å². The Morgan fingerprint density at radius 2 is 1.81 bits per heavy atom. The highest BCUT2D eigenvalue weighted by atomic mass is 16.6. The molecule has 8 nitrogen and oxygen atoms in total. The second-order valence-corrected chi connectivity index (χ2v) is 5.59. The number of fused-ring (bicyclic) bond motifs is 1. The predicted octanol–water partition coefficient (Wildman–Crippen LogP) is 3.31. The van der Waals surface area contributed by atoms with Gasteiger partial charge in [-0.3, -0.25) is 14.5 Å². The summed E-state index contributed by atoms with van der Waals surface area (Å²) in [5.41, 5.74) is 1.74.